The number of likely N-dealkylation sites (N-methyl/N-ethyl adjacent to an activating group) is 1. The number of hydrogen-bond donors (Lipinski definition) is 2. The average Bonchev–Trinajstić information content (AvgIpc) is 2.50. The SMILES string of the molecule is CC[NH+](CC(=O)Nc1ccccc1F)Cc1ccccc1. The van der Waals surface area contributed by atoms with Crippen LogP contribution in [0, 0.1) is 5.82 Å². The van der Waals surface area contributed by atoms with Crippen molar-refractivity contribution in [1.29, 1.82) is 0 Å². The highest BCUT2D eigenvalue weighted by atomic mass is 19.1. The van der Waals surface area contributed by atoms with E-state index >= 15 is 0 Å². The lowest BCUT2D eigenvalue weighted by Gasteiger charge is -2.17. The largest absolute Gasteiger partial charge is 0.324 e. The standard InChI is InChI=1S/C17H19FN2O/c1-2-20(12-14-8-4-3-5-9-14)13-17(21)19-16-11-7-6-10-15(16)18/h3-11H,2,12-13H2,1H3,(H,19,21)/p+1. The van der Waals surface area contributed by atoms with Crippen LogP contribution in [0.2, 0.25) is 0 Å². The third-order valence-electron chi connectivity index (χ3n) is 3.36. The molecule has 2 aromatic carbocycles. The Bertz CT molecular complexity index is 586. The number of rotatable bonds is 6. The molecule has 4 heteroatoms. The summed E-state index contributed by atoms with van der Waals surface area (Å²) in [5, 5.41) is 2.63. The number of para-hydroxylation sites is 1. The summed E-state index contributed by atoms with van der Waals surface area (Å²) in [5.41, 5.74) is 1.42. The Balaban J connectivity index is 1.92. The number of quaternary nitrogens is 1. The van der Waals surface area contributed by atoms with Crippen LogP contribution < -0.4 is 10.2 Å². The number of carbonyl (C=O) groups is 1. The fourth-order valence-corrected chi connectivity index (χ4v) is 2.18. The highest BCUT2D eigenvalue weighted by Crippen LogP contribution is 2.11. The van der Waals surface area contributed by atoms with Crippen molar-refractivity contribution in [2.75, 3.05) is 18.4 Å². The van der Waals surface area contributed by atoms with Crippen LogP contribution >= 0.6 is 0 Å². The second-order valence-electron chi connectivity index (χ2n) is 4.97. The van der Waals surface area contributed by atoms with Gasteiger partial charge in [-0.05, 0) is 19.1 Å². The molecule has 1 atom stereocenters. The Kier molecular flexibility index (Phi) is 5.46. The predicted molar refractivity (Wildman–Crippen MR) is 81.5 cm³/mol. The molecule has 2 rings (SSSR count). The van der Waals surface area contributed by atoms with Crippen LogP contribution in [0.25, 0.3) is 0 Å². The summed E-state index contributed by atoms with van der Waals surface area (Å²) in [7, 11) is 0. The van der Waals surface area contributed by atoms with Gasteiger partial charge in [-0.25, -0.2) is 4.39 Å². The normalized spacial score (nSPS) is 11.9. The molecular formula is C17H20FN2O+. The van der Waals surface area contributed by atoms with E-state index in [0.29, 0.717) is 6.54 Å². The lowest BCUT2D eigenvalue weighted by Crippen LogP contribution is -3.11. The number of benzene rings is 2. The maximum absolute atomic E-state index is 13.5. The second-order valence-corrected chi connectivity index (χ2v) is 4.97. The number of hydrogen-bond acceptors (Lipinski definition) is 1. The van der Waals surface area contributed by atoms with E-state index < -0.39 is 5.82 Å². The van der Waals surface area contributed by atoms with Crippen LogP contribution in [0.15, 0.2) is 54.6 Å². The van der Waals surface area contributed by atoms with Crippen molar-refractivity contribution in [2.45, 2.75) is 13.5 Å². The molecule has 2 N–H and O–H groups in total. The van der Waals surface area contributed by atoms with E-state index in [9.17, 15) is 9.18 Å². The van der Waals surface area contributed by atoms with Gasteiger partial charge >= 0.3 is 0 Å². The minimum atomic E-state index is -0.410. The van der Waals surface area contributed by atoms with Crippen molar-refractivity contribution in [1.82, 2.24) is 0 Å². The molecular weight excluding hydrogens is 267 g/mol. The summed E-state index contributed by atoms with van der Waals surface area (Å²) in [6.45, 7) is 3.97. The Morgan fingerprint density at radius 3 is 2.43 bits per heavy atom. The molecule has 0 aliphatic rings. The topological polar surface area (TPSA) is 33.5 Å². The van der Waals surface area contributed by atoms with Gasteiger partial charge in [0.05, 0.1) is 12.2 Å². The van der Waals surface area contributed by atoms with E-state index in [-0.39, 0.29) is 11.6 Å². The molecule has 0 fully saturated rings. The van der Waals surface area contributed by atoms with Crippen molar-refractivity contribution in [3.05, 3.63) is 66.0 Å². The summed E-state index contributed by atoms with van der Waals surface area (Å²) in [6.07, 6.45) is 0. The number of nitrogens with one attached hydrogen (secondary N) is 2. The summed E-state index contributed by atoms with van der Waals surface area (Å²) in [6, 6.07) is 16.2. The molecule has 21 heavy (non-hydrogen) atoms. The van der Waals surface area contributed by atoms with E-state index in [1.807, 2.05) is 37.3 Å². The van der Waals surface area contributed by atoms with Gasteiger partial charge in [-0.3, -0.25) is 4.79 Å². The zero-order chi connectivity index (χ0) is 15.1. The van der Waals surface area contributed by atoms with E-state index in [2.05, 4.69) is 5.32 Å². The molecule has 1 amide bonds. The fraction of sp³-hybridized carbons (Fsp3) is 0.235. The maximum Gasteiger partial charge on any atom is 0.279 e. The molecule has 0 aliphatic carbocycles. The smallest absolute Gasteiger partial charge is 0.279 e. The Morgan fingerprint density at radius 2 is 1.76 bits per heavy atom. The Hall–Kier alpha value is -2.20. The Labute approximate surface area is 124 Å². The number of amides is 1. The molecule has 0 bridgehead atoms. The van der Waals surface area contributed by atoms with Gasteiger partial charge in [-0.1, -0.05) is 42.5 Å². The van der Waals surface area contributed by atoms with Crippen molar-refractivity contribution in [3.63, 3.8) is 0 Å². The van der Waals surface area contributed by atoms with Crippen molar-refractivity contribution < 1.29 is 14.1 Å². The molecule has 0 aliphatic heterocycles. The van der Waals surface area contributed by atoms with Crippen molar-refractivity contribution in [2.24, 2.45) is 0 Å². The van der Waals surface area contributed by atoms with Gasteiger partial charge in [0.15, 0.2) is 6.54 Å². The quantitative estimate of drug-likeness (QED) is 0.835. The van der Waals surface area contributed by atoms with Crippen LogP contribution in [-0.4, -0.2) is 19.0 Å². The lowest BCUT2D eigenvalue weighted by atomic mass is 10.2. The molecule has 0 saturated heterocycles. The highest BCUT2D eigenvalue weighted by Gasteiger charge is 2.14. The summed E-state index contributed by atoms with van der Waals surface area (Å²) in [4.78, 5) is 13.2. The third kappa shape index (κ3) is 4.68. The van der Waals surface area contributed by atoms with Gasteiger partial charge < -0.3 is 10.2 Å². The van der Waals surface area contributed by atoms with Gasteiger partial charge in [0.2, 0.25) is 0 Å². The molecule has 0 radical (unpaired) electrons. The molecule has 1 unspecified atom stereocenters. The van der Waals surface area contributed by atoms with Crippen LogP contribution in [-0.2, 0) is 11.3 Å². The van der Waals surface area contributed by atoms with E-state index in [1.165, 1.54) is 11.6 Å². The van der Waals surface area contributed by atoms with Crippen LogP contribution in [0.4, 0.5) is 10.1 Å². The lowest BCUT2D eigenvalue weighted by molar-refractivity contribution is -0.903. The molecule has 0 aromatic heterocycles. The van der Waals surface area contributed by atoms with E-state index in [0.717, 1.165) is 18.0 Å². The first kappa shape index (κ1) is 15.2. The molecule has 0 heterocycles. The van der Waals surface area contributed by atoms with Gasteiger partial charge in [-0.2, -0.15) is 0 Å². The number of halogens is 1. The predicted octanol–water partition coefficient (Wildman–Crippen LogP) is 1.87. The van der Waals surface area contributed by atoms with Crippen LogP contribution in [0.1, 0.15) is 12.5 Å². The minimum Gasteiger partial charge on any atom is -0.324 e. The first-order valence-corrected chi connectivity index (χ1v) is 7.11. The van der Waals surface area contributed by atoms with Crippen LogP contribution in [0.5, 0.6) is 0 Å². The monoisotopic (exact) mass is 287 g/mol. The van der Waals surface area contributed by atoms with E-state index in [4.69, 9.17) is 0 Å². The molecule has 0 saturated carbocycles. The molecule has 3 nitrogen and oxygen atoms in total. The highest BCUT2D eigenvalue weighted by molar-refractivity contribution is 5.91. The zero-order valence-corrected chi connectivity index (χ0v) is 12.1. The third-order valence-corrected chi connectivity index (χ3v) is 3.36. The second kappa shape index (κ2) is 7.55. The number of carbonyl (C=O) groups excluding carboxylic acids is 1. The van der Waals surface area contributed by atoms with Crippen molar-refractivity contribution in [3.8, 4) is 0 Å². The Morgan fingerprint density at radius 1 is 1.10 bits per heavy atom. The first-order chi connectivity index (χ1) is 10.2. The summed E-state index contributed by atoms with van der Waals surface area (Å²) < 4.78 is 13.5. The molecule has 2 aromatic rings. The van der Waals surface area contributed by atoms with Gasteiger partial charge in [-0.15, -0.1) is 0 Å². The van der Waals surface area contributed by atoms with E-state index in [1.54, 1.807) is 18.2 Å². The maximum atomic E-state index is 13.5. The average molecular weight is 287 g/mol. The first-order valence-electron chi connectivity index (χ1n) is 7.11. The van der Waals surface area contributed by atoms with Gasteiger partial charge in [0.25, 0.3) is 5.91 Å². The van der Waals surface area contributed by atoms with Gasteiger partial charge in [0.1, 0.15) is 12.4 Å². The van der Waals surface area contributed by atoms with Gasteiger partial charge in [0, 0.05) is 5.56 Å². The molecule has 0 spiro atoms. The summed E-state index contributed by atoms with van der Waals surface area (Å²) in [5.74, 6) is -0.583. The fourth-order valence-electron chi connectivity index (χ4n) is 2.18. The van der Waals surface area contributed by atoms with Crippen molar-refractivity contribution >= 4 is 11.6 Å². The van der Waals surface area contributed by atoms with Crippen LogP contribution in [0.3, 0.4) is 0 Å². The number of anilines is 1. The minimum absolute atomic E-state index is 0.173. The zero-order valence-electron chi connectivity index (χ0n) is 12.1. The summed E-state index contributed by atoms with van der Waals surface area (Å²) >= 11 is 0. The molecule has 110 valence electrons.